The maximum atomic E-state index is 13.0. The second-order valence-electron chi connectivity index (χ2n) is 2.38. The van der Waals surface area contributed by atoms with Crippen LogP contribution >= 0.6 is 22.9 Å². The lowest BCUT2D eigenvalue weighted by atomic mass is 10.3. The number of halogens is 3. The van der Waals surface area contributed by atoms with Crippen LogP contribution in [0.5, 0.6) is 0 Å². The minimum atomic E-state index is -1.01. The Morgan fingerprint density at radius 3 is 2.85 bits per heavy atom. The number of fused-ring (bicyclic) bond motifs is 1. The summed E-state index contributed by atoms with van der Waals surface area (Å²) in [7, 11) is 0. The monoisotopic (exact) mass is 220 g/mol. The molecule has 1 aromatic heterocycles. The normalized spacial score (nSPS) is 11.0. The Bertz CT molecular complexity index is 483. The van der Waals surface area contributed by atoms with Crippen molar-refractivity contribution in [3.05, 3.63) is 22.7 Å². The number of rotatable bonds is 0. The topological polar surface area (TPSA) is 38.9 Å². The van der Waals surface area contributed by atoms with Crippen LogP contribution in [0.2, 0.25) is 5.02 Å². The van der Waals surface area contributed by atoms with Gasteiger partial charge in [0.25, 0.3) is 0 Å². The molecule has 0 atom stereocenters. The Hall–Kier alpha value is -0.940. The van der Waals surface area contributed by atoms with E-state index in [1.165, 1.54) is 0 Å². The molecule has 2 nitrogen and oxygen atoms in total. The van der Waals surface area contributed by atoms with Gasteiger partial charge in [0.1, 0.15) is 5.52 Å². The molecule has 0 aliphatic carbocycles. The molecule has 68 valence electrons. The highest BCUT2D eigenvalue weighted by Gasteiger charge is 2.14. The smallest absolute Gasteiger partial charge is 0.186 e. The first-order valence-electron chi connectivity index (χ1n) is 3.29. The van der Waals surface area contributed by atoms with Gasteiger partial charge < -0.3 is 5.73 Å². The third kappa shape index (κ3) is 1.24. The third-order valence-corrected chi connectivity index (χ3v) is 2.86. The summed E-state index contributed by atoms with van der Waals surface area (Å²) >= 11 is 6.69. The Balaban J connectivity index is 2.95. The molecule has 2 N–H and O–H groups in total. The molecule has 1 heterocycles. The standard InChI is InChI=1S/C7H3ClF2N2S/c8-2-1-3(9)4(10)5-6(2)13-7(11)12-5/h1H,(H2,11,12). The summed E-state index contributed by atoms with van der Waals surface area (Å²) < 4.78 is 26.2. The first kappa shape index (κ1) is 8.65. The van der Waals surface area contributed by atoms with Crippen LogP contribution in [0.3, 0.4) is 0 Å². The molecule has 0 bridgehead atoms. The van der Waals surface area contributed by atoms with Gasteiger partial charge in [0, 0.05) is 0 Å². The number of anilines is 1. The molecule has 0 saturated heterocycles. The fraction of sp³-hybridized carbons (Fsp3) is 0. The highest BCUT2D eigenvalue weighted by Crippen LogP contribution is 2.33. The van der Waals surface area contributed by atoms with E-state index in [0.717, 1.165) is 17.4 Å². The molecule has 0 spiro atoms. The van der Waals surface area contributed by atoms with Crippen LogP contribution in [0.15, 0.2) is 6.07 Å². The van der Waals surface area contributed by atoms with Crippen molar-refractivity contribution in [1.29, 1.82) is 0 Å². The minimum Gasteiger partial charge on any atom is -0.375 e. The van der Waals surface area contributed by atoms with Gasteiger partial charge in [-0.1, -0.05) is 22.9 Å². The van der Waals surface area contributed by atoms with Gasteiger partial charge in [-0.05, 0) is 6.07 Å². The summed E-state index contributed by atoms with van der Waals surface area (Å²) in [5.41, 5.74) is 5.23. The van der Waals surface area contributed by atoms with Crippen molar-refractivity contribution >= 4 is 38.3 Å². The lowest BCUT2D eigenvalue weighted by Gasteiger charge is -1.94. The van der Waals surface area contributed by atoms with Gasteiger partial charge in [-0.25, -0.2) is 13.8 Å². The van der Waals surface area contributed by atoms with Crippen molar-refractivity contribution in [2.75, 3.05) is 5.73 Å². The molecule has 2 rings (SSSR count). The van der Waals surface area contributed by atoms with E-state index in [9.17, 15) is 8.78 Å². The van der Waals surface area contributed by atoms with Crippen molar-refractivity contribution < 1.29 is 8.78 Å². The zero-order chi connectivity index (χ0) is 9.59. The summed E-state index contributed by atoms with van der Waals surface area (Å²) in [6.07, 6.45) is 0. The molecule has 6 heteroatoms. The molecule has 0 aliphatic rings. The van der Waals surface area contributed by atoms with E-state index in [4.69, 9.17) is 17.3 Å². The molecule has 0 unspecified atom stereocenters. The van der Waals surface area contributed by atoms with Crippen molar-refractivity contribution in [2.45, 2.75) is 0 Å². The van der Waals surface area contributed by atoms with Crippen molar-refractivity contribution in [3.63, 3.8) is 0 Å². The number of thiazole rings is 1. The summed E-state index contributed by atoms with van der Waals surface area (Å²) in [4.78, 5) is 3.63. The maximum Gasteiger partial charge on any atom is 0.186 e. The summed E-state index contributed by atoms with van der Waals surface area (Å²) in [5, 5.41) is 0.296. The predicted octanol–water partition coefficient (Wildman–Crippen LogP) is 2.81. The van der Waals surface area contributed by atoms with Gasteiger partial charge >= 0.3 is 0 Å². The maximum absolute atomic E-state index is 13.0. The van der Waals surface area contributed by atoms with Crippen LogP contribution in [0.25, 0.3) is 10.2 Å². The number of nitrogen functional groups attached to an aromatic ring is 1. The quantitative estimate of drug-likeness (QED) is 0.694. The van der Waals surface area contributed by atoms with Crippen LogP contribution in [0.4, 0.5) is 13.9 Å². The molecular weight excluding hydrogens is 218 g/mol. The van der Waals surface area contributed by atoms with Crippen LogP contribution in [0, 0.1) is 11.6 Å². The summed E-state index contributed by atoms with van der Waals surface area (Å²) in [5.74, 6) is -2.02. The number of benzene rings is 1. The molecule has 13 heavy (non-hydrogen) atoms. The van der Waals surface area contributed by atoms with E-state index in [1.807, 2.05) is 0 Å². The van der Waals surface area contributed by atoms with Gasteiger partial charge in [0.15, 0.2) is 16.8 Å². The first-order valence-corrected chi connectivity index (χ1v) is 4.48. The van der Waals surface area contributed by atoms with Gasteiger partial charge in [0.05, 0.1) is 9.72 Å². The van der Waals surface area contributed by atoms with Crippen LogP contribution in [-0.2, 0) is 0 Å². The average Bonchev–Trinajstić information content (AvgIpc) is 2.44. The van der Waals surface area contributed by atoms with Crippen LogP contribution < -0.4 is 5.73 Å². The van der Waals surface area contributed by atoms with Gasteiger partial charge in [-0.3, -0.25) is 0 Å². The largest absolute Gasteiger partial charge is 0.375 e. The van der Waals surface area contributed by atoms with Crippen molar-refractivity contribution in [2.24, 2.45) is 0 Å². The van der Waals surface area contributed by atoms with E-state index in [0.29, 0.717) is 4.70 Å². The van der Waals surface area contributed by atoms with E-state index in [1.54, 1.807) is 0 Å². The van der Waals surface area contributed by atoms with E-state index < -0.39 is 11.6 Å². The van der Waals surface area contributed by atoms with Gasteiger partial charge in [-0.15, -0.1) is 0 Å². The van der Waals surface area contributed by atoms with E-state index in [-0.39, 0.29) is 15.7 Å². The second-order valence-corrected chi connectivity index (χ2v) is 3.82. The Morgan fingerprint density at radius 1 is 1.46 bits per heavy atom. The Kier molecular flexibility index (Phi) is 1.85. The fourth-order valence-corrected chi connectivity index (χ4v) is 2.04. The molecule has 0 radical (unpaired) electrons. The molecular formula is C7H3ClF2N2S. The zero-order valence-corrected chi connectivity index (χ0v) is 7.72. The molecule has 2 aromatic rings. The number of nitrogens with zero attached hydrogens (tertiary/aromatic N) is 1. The molecule has 0 saturated carbocycles. The van der Waals surface area contributed by atoms with Gasteiger partial charge in [-0.2, -0.15) is 0 Å². The van der Waals surface area contributed by atoms with E-state index in [2.05, 4.69) is 4.98 Å². The Morgan fingerprint density at radius 2 is 2.15 bits per heavy atom. The first-order chi connectivity index (χ1) is 6.09. The van der Waals surface area contributed by atoms with Crippen LogP contribution in [-0.4, -0.2) is 4.98 Å². The third-order valence-electron chi connectivity index (χ3n) is 1.53. The second kappa shape index (κ2) is 2.78. The minimum absolute atomic E-state index is 0.104. The molecule has 1 aromatic carbocycles. The lowest BCUT2D eigenvalue weighted by Crippen LogP contribution is -1.86. The zero-order valence-electron chi connectivity index (χ0n) is 6.14. The summed E-state index contributed by atoms with van der Waals surface area (Å²) in [6.45, 7) is 0. The lowest BCUT2D eigenvalue weighted by molar-refractivity contribution is 0.516. The number of nitrogens with two attached hydrogens (primary N) is 1. The highest BCUT2D eigenvalue weighted by atomic mass is 35.5. The predicted molar refractivity (Wildman–Crippen MR) is 49.0 cm³/mol. The number of hydrogen-bond donors (Lipinski definition) is 1. The van der Waals surface area contributed by atoms with Crippen molar-refractivity contribution in [1.82, 2.24) is 4.98 Å². The molecule has 0 amide bonds. The van der Waals surface area contributed by atoms with Gasteiger partial charge in [0.2, 0.25) is 0 Å². The number of hydrogen-bond acceptors (Lipinski definition) is 3. The highest BCUT2D eigenvalue weighted by molar-refractivity contribution is 7.22. The SMILES string of the molecule is Nc1nc2c(F)c(F)cc(Cl)c2s1. The molecule has 0 fully saturated rings. The fourth-order valence-electron chi connectivity index (χ4n) is 1.00. The van der Waals surface area contributed by atoms with Crippen LogP contribution in [0.1, 0.15) is 0 Å². The average molecular weight is 221 g/mol. The molecule has 0 aliphatic heterocycles. The van der Waals surface area contributed by atoms with Crippen molar-refractivity contribution in [3.8, 4) is 0 Å². The Labute approximate surface area is 80.9 Å². The summed E-state index contributed by atoms with van der Waals surface area (Å²) in [6, 6.07) is 0.914. The van der Waals surface area contributed by atoms with E-state index >= 15 is 0 Å². The number of aromatic nitrogens is 1.